The second-order valence-corrected chi connectivity index (χ2v) is 5.26. The lowest BCUT2D eigenvalue weighted by Gasteiger charge is -1.97. The Morgan fingerprint density at radius 2 is 1.94 bits per heavy atom. The molecule has 3 heteroatoms. The molecule has 0 amide bonds. The predicted molar refractivity (Wildman–Crippen MR) is 72.8 cm³/mol. The van der Waals surface area contributed by atoms with Gasteiger partial charge in [0.2, 0.25) is 0 Å². The molecule has 0 aliphatic heterocycles. The third-order valence-electron chi connectivity index (χ3n) is 3.15. The summed E-state index contributed by atoms with van der Waals surface area (Å²) in [7, 11) is 0. The zero-order chi connectivity index (χ0) is 11.4. The zero-order valence-corrected chi connectivity index (χ0v) is 10.2. The summed E-state index contributed by atoms with van der Waals surface area (Å²) in [5, 5.41) is 1.26. The van der Waals surface area contributed by atoms with Crippen molar-refractivity contribution >= 4 is 37.4 Å². The summed E-state index contributed by atoms with van der Waals surface area (Å²) >= 11 is 1.81. The molecule has 17 heavy (non-hydrogen) atoms. The second-order valence-electron chi connectivity index (χ2n) is 4.22. The van der Waals surface area contributed by atoms with Crippen LogP contribution in [0.2, 0.25) is 0 Å². The average Bonchev–Trinajstić information content (AvgIpc) is 2.85. The van der Waals surface area contributed by atoms with Crippen LogP contribution in [0.4, 0.5) is 0 Å². The molecule has 0 fully saturated rings. The lowest BCUT2D eigenvalue weighted by atomic mass is 10.2. The van der Waals surface area contributed by atoms with Crippen molar-refractivity contribution in [1.29, 1.82) is 0 Å². The Bertz CT molecular complexity index is 854. The van der Waals surface area contributed by atoms with Crippen molar-refractivity contribution in [3.05, 3.63) is 48.2 Å². The van der Waals surface area contributed by atoms with Gasteiger partial charge in [-0.25, -0.2) is 4.98 Å². The van der Waals surface area contributed by atoms with Crippen LogP contribution in [0.3, 0.4) is 0 Å². The van der Waals surface area contributed by atoms with Gasteiger partial charge in [-0.05, 0) is 25.1 Å². The molecule has 0 aliphatic rings. The van der Waals surface area contributed by atoms with Crippen molar-refractivity contribution in [2.75, 3.05) is 0 Å². The largest absolute Gasteiger partial charge is 0.288 e. The number of nitrogens with zero attached hydrogens (tertiary/aromatic N) is 2. The van der Waals surface area contributed by atoms with Crippen LogP contribution in [0.1, 0.15) is 5.69 Å². The minimum absolute atomic E-state index is 1.04. The number of rotatable bonds is 0. The van der Waals surface area contributed by atoms with E-state index >= 15 is 0 Å². The maximum atomic E-state index is 4.74. The maximum absolute atomic E-state index is 4.74. The number of benzene rings is 1. The van der Waals surface area contributed by atoms with Gasteiger partial charge in [0, 0.05) is 15.8 Å². The highest BCUT2D eigenvalue weighted by Crippen LogP contribution is 2.34. The molecule has 0 unspecified atom stereocenters. The molecule has 0 saturated carbocycles. The van der Waals surface area contributed by atoms with Gasteiger partial charge in [0.05, 0.1) is 0 Å². The Hall–Kier alpha value is -1.87. The van der Waals surface area contributed by atoms with Crippen LogP contribution in [-0.2, 0) is 0 Å². The van der Waals surface area contributed by atoms with Crippen LogP contribution < -0.4 is 0 Å². The van der Waals surface area contributed by atoms with Gasteiger partial charge in [0.15, 0.2) is 0 Å². The Morgan fingerprint density at radius 1 is 1.06 bits per heavy atom. The van der Waals surface area contributed by atoms with Gasteiger partial charge >= 0.3 is 0 Å². The SMILES string of the molecule is Cc1cccc2nc3c4ccccc4sc3n12. The van der Waals surface area contributed by atoms with E-state index in [4.69, 9.17) is 4.98 Å². The maximum Gasteiger partial charge on any atom is 0.138 e. The first-order chi connectivity index (χ1) is 8.34. The summed E-state index contributed by atoms with van der Waals surface area (Å²) in [5.41, 5.74) is 3.40. The van der Waals surface area contributed by atoms with Crippen molar-refractivity contribution < 1.29 is 0 Å². The first-order valence-corrected chi connectivity index (χ1v) is 6.41. The lowest BCUT2D eigenvalue weighted by Crippen LogP contribution is -1.87. The second kappa shape index (κ2) is 3.08. The zero-order valence-electron chi connectivity index (χ0n) is 9.34. The fourth-order valence-electron chi connectivity index (χ4n) is 2.35. The van der Waals surface area contributed by atoms with E-state index in [0.29, 0.717) is 0 Å². The van der Waals surface area contributed by atoms with E-state index in [2.05, 4.69) is 53.8 Å². The van der Waals surface area contributed by atoms with Crippen LogP contribution in [0, 0.1) is 6.92 Å². The Morgan fingerprint density at radius 3 is 2.88 bits per heavy atom. The number of thiophene rings is 1. The molecule has 0 N–H and O–H groups in total. The molecule has 0 saturated heterocycles. The van der Waals surface area contributed by atoms with Crippen molar-refractivity contribution in [1.82, 2.24) is 9.38 Å². The lowest BCUT2D eigenvalue weighted by molar-refractivity contribution is 1.13. The van der Waals surface area contributed by atoms with Crippen molar-refractivity contribution in [3.63, 3.8) is 0 Å². The molecule has 0 aliphatic carbocycles. The van der Waals surface area contributed by atoms with E-state index in [9.17, 15) is 0 Å². The van der Waals surface area contributed by atoms with E-state index in [1.807, 2.05) is 11.3 Å². The predicted octanol–water partition coefficient (Wildman–Crippen LogP) is 4.01. The van der Waals surface area contributed by atoms with Crippen LogP contribution in [-0.4, -0.2) is 9.38 Å². The molecule has 0 bridgehead atoms. The molecule has 4 rings (SSSR count). The summed E-state index contributed by atoms with van der Waals surface area (Å²) in [6.07, 6.45) is 0. The molecule has 4 aromatic rings. The van der Waals surface area contributed by atoms with Crippen LogP contribution in [0.5, 0.6) is 0 Å². The van der Waals surface area contributed by atoms with Gasteiger partial charge < -0.3 is 0 Å². The molecular weight excluding hydrogens is 228 g/mol. The summed E-state index contributed by atoms with van der Waals surface area (Å²) in [6, 6.07) is 14.7. The number of hydrogen-bond acceptors (Lipinski definition) is 2. The van der Waals surface area contributed by atoms with Gasteiger partial charge in [-0.3, -0.25) is 4.40 Å². The van der Waals surface area contributed by atoms with E-state index in [1.54, 1.807) is 0 Å². The topological polar surface area (TPSA) is 17.3 Å². The normalized spacial score (nSPS) is 11.8. The molecule has 2 nitrogen and oxygen atoms in total. The third-order valence-corrected chi connectivity index (χ3v) is 4.29. The molecule has 3 aromatic heterocycles. The first kappa shape index (κ1) is 9.19. The summed E-state index contributed by atoms with van der Waals surface area (Å²) < 4.78 is 3.54. The van der Waals surface area contributed by atoms with Crippen molar-refractivity contribution in [3.8, 4) is 0 Å². The minimum atomic E-state index is 1.04. The number of imidazole rings is 1. The monoisotopic (exact) mass is 238 g/mol. The van der Waals surface area contributed by atoms with Crippen LogP contribution >= 0.6 is 11.3 Å². The van der Waals surface area contributed by atoms with Crippen molar-refractivity contribution in [2.45, 2.75) is 6.92 Å². The standard InChI is InChI=1S/C14H10N2S/c1-9-5-4-8-12-15-13-10-6-2-3-7-11(10)17-14(13)16(9)12/h2-8H,1H3. The quantitative estimate of drug-likeness (QED) is 0.452. The van der Waals surface area contributed by atoms with E-state index in [1.165, 1.54) is 20.6 Å². The third kappa shape index (κ3) is 1.12. The van der Waals surface area contributed by atoms with Gasteiger partial charge in [0.25, 0.3) is 0 Å². The molecule has 1 aromatic carbocycles. The highest BCUT2D eigenvalue weighted by Gasteiger charge is 2.11. The first-order valence-electron chi connectivity index (χ1n) is 5.60. The average molecular weight is 238 g/mol. The molecule has 82 valence electrons. The van der Waals surface area contributed by atoms with Gasteiger partial charge in [-0.15, -0.1) is 11.3 Å². The molecule has 0 atom stereocenters. The van der Waals surface area contributed by atoms with Gasteiger partial charge in [-0.2, -0.15) is 0 Å². The number of hydrogen-bond donors (Lipinski definition) is 0. The van der Waals surface area contributed by atoms with Crippen LogP contribution in [0.25, 0.3) is 26.1 Å². The number of aromatic nitrogens is 2. The van der Waals surface area contributed by atoms with Crippen LogP contribution in [0.15, 0.2) is 42.5 Å². The smallest absolute Gasteiger partial charge is 0.138 e. The number of fused-ring (bicyclic) bond motifs is 5. The highest BCUT2D eigenvalue weighted by molar-refractivity contribution is 7.25. The molecule has 3 heterocycles. The fourth-order valence-corrected chi connectivity index (χ4v) is 3.56. The summed E-state index contributed by atoms with van der Waals surface area (Å²) in [6.45, 7) is 2.12. The fraction of sp³-hybridized carbons (Fsp3) is 0.0714. The molecular formula is C14H10N2S. The highest BCUT2D eigenvalue weighted by atomic mass is 32.1. The summed E-state index contributed by atoms with van der Waals surface area (Å²) in [5.74, 6) is 0. The summed E-state index contributed by atoms with van der Waals surface area (Å²) in [4.78, 5) is 5.99. The molecule has 0 radical (unpaired) electrons. The van der Waals surface area contributed by atoms with E-state index in [0.717, 1.165) is 11.2 Å². The Kier molecular flexibility index (Phi) is 1.66. The van der Waals surface area contributed by atoms with Gasteiger partial charge in [-0.1, -0.05) is 24.3 Å². The van der Waals surface area contributed by atoms with Gasteiger partial charge in [0.1, 0.15) is 16.0 Å². The Balaban J connectivity index is 2.35. The van der Waals surface area contributed by atoms with E-state index in [-0.39, 0.29) is 0 Å². The number of aryl methyl sites for hydroxylation is 1. The molecule has 0 spiro atoms. The minimum Gasteiger partial charge on any atom is -0.288 e. The Labute approximate surface area is 102 Å². The van der Waals surface area contributed by atoms with E-state index < -0.39 is 0 Å². The number of pyridine rings is 1. The van der Waals surface area contributed by atoms with Crippen molar-refractivity contribution in [2.24, 2.45) is 0 Å².